The van der Waals surface area contributed by atoms with E-state index >= 15 is 0 Å². The lowest BCUT2D eigenvalue weighted by molar-refractivity contribution is 0.505. The SMILES string of the molecule is CCCCCCCCCNC(CC)CCl. The van der Waals surface area contributed by atoms with Gasteiger partial charge in [0.15, 0.2) is 0 Å². The zero-order valence-electron chi connectivity index (χ0n) is 10.5. The Bertz CT molecular complexity index is 113. The second kappa shape index (κ2) is 12.3. The van der Waals surface area contributed by atoms with Gasteiger partial charge in [0, 0.05) is 11.9 Å². The average molecular weight is 234 g/mol. The quantitative estimate of drug-likeness (QED) is 0.414. The summed E-state index contributed by atoms with van der Waals surface area (Å²) < 4.78 is 0. The van der Waals surface area contributed by atoms with E-state index in [1.54, 1.807) is 0 Å². The molecule has 0 aromatic rings. The highest BCUT2D eigenvalue weighted by molar-refractivity contribution is 6.18. The Hall–Kier alpha value is 0.250. The third-order valence-electron chi connectivity index (χ3n) is 2.89. The van der Waals surface area contributed by atoms with E-state index < -0.39 is 0 Å². The number of nitrogens with one attached hydrogen (secondary N) is 1. The maximum Gasteiger partial charge on any atom is 0.0377 e. The van der Waals surface area contributed by atoms with Crippen LogP contribution in [0.1, 0.15) is 65.2 Å². The van der Waals surface area contributed by atoms with Gasteiger partial charge in [0.05, 0.1) is 0 Å². The van der Waals surface area contributed by atoms with Crippen LogP contribution >= 0.6 is 11.6 Å². The molecular formula is C13H28ClN. The molecule has 0 heterocycles. The standard InChI is InChI=1S/C13H28ClN/c1-3-5-6-7-8-9-10-11-15-13(4-2)12-14/h13,15H,3-12H2,1-2H3. The van der Waals surface area contributed by atoms with Crippen LogP contribution in [0.4, 0.5) is 0 Å². The molecule has 0 fully saturated rings. The third-order valence-corrected chi connectivity index (χ3v) is 3.26. The largest absolute Gasteiger partial charge is 0.313 e. The van der Waals surface area contributed by atoms with Crippen molar-refractivity contribution in [2.45, 2.75) is 71.3 Å². The smallest absolute Gasteiger partial charge is 0.0377 e. The van der Waals surface area contributed by atoms with E-state index in [9.17, 15) is 0 Å². The lowest BCUT2D eigenvalue weighted by atomic mass is 10.1. The fourth-order valence-electron chi connectivity index (χ4n) is 1.70. The van der Waals surface area contributed by atoms with Gasteiger partial charge in [-0.3, -0.25) is 0 Å². The number of alkyl halides is 1. The van der Waals surface area contributed by atoms with Crippen molar-refractivity contribution < 1.29 is 0 Å². The summed E-state index contributed by atoms with van der Waals surface area (Å²) in [4.78, 5) is 0. The Morgan fingerprint density at radius 2 is 1.53 bits per heavy atom. The van der Waals surface area contributed by atoms with Crippen molar-refractivity contribution in [1.29, 1.82) is 0 Å². The molecule has 2 heteroatoms. The normalized spacial score (nSPS) is 13.0. The van der Waals surface area contributed by atoms with Crippen molar-refractivity contribution in [3.8, 4) is 0 Å². The van der Waals surface area contributed by atoms with Gasteiger partial charge in [0.2, 0.25) is 0 Å². The second-order valence-electron chi connectivity index (χ2n) is 4.33. The summed E-state index contributed by atoms with van der Waals surface area (Å²) in [5.41, 5.74) is 0. The Morgan fingerprint density at radius 3 is 2.07 bits per heavy atom. The number of hydrogen-bond acceptors (Lipinski definition) is 1. The molecule has 1 nitrogen and oxygen atoms in total. The number of rotatable bonds is 11. The first-order valence-corrected chi connectivity index (χ1v) is 7.17. The van der Waals surface area contributed by atoms with E-state index in [1.807, 2.05) is 0 Å². The van der Waals surface area contributed by atoms with Gasteiger partial charge in [-0.2, -0.15) is 0 Å². The van der Waals surface area contributed by atoms with Crippen LogP contribution < -0.4 is 5.32 Å². The Balaban J connectivity index is 3.04. The molecule has 0 aliphatic rings. The van der Waals surface area contributed by atoms with Gasteiger partial charge in [0.25, 0.3) is 0 Å². The van der Waals surface area contributed by atoms with Crippen LogP contribution in [0.5, 0.6) is 0 Å². The molecule has 0 spiro atoms. The Kier molecular flexibility index (Phi) is 12.5. The number of halogens is 1. The highest BCUT2D eigenvalue weighted by atomic mass is 35.5. The lowest BCUT2D eigenvalue weighted by Gasteiger charge is -2.13. The summed E-state index contributed by atoms with van der Waals surface area (Å²) in [7, 11) is 0. The molecule has 0 aromatic heterocycles. The van der Waals surface area contributed by atoms with E-state index in [2.05, 4.69) is 19.2 Å². The van der Waals surface area contributed by atoms with Gasteiger partial charge in [-0.1, -0.05) is 52.4 Å². The molecule has 1 atom stereocenters. The van der Waals surface area contributed by atoms with Crippen molar-refractivity contribution in [3.63, 3.8) is 0 Å². The van der Waals surface area contributed by atoms with Crippen molar-refractivity contribution in [2.75, 3.05) is 12.4 Å². The first-order chi connectivity index (χ1) is 7.35. The van der Waals surface area contributed by atoms with E-state index in [4.69, 9.17) is 11.6 Å². The minimum Gasteiger partial charge on any atom is -0.313 e. The molecular weight excluding hydrogens is 206 g/mol. The van der Waals surface area contributed by atoms with Gasteiger partial charge in [-0.25, -0.2) is 0 Å². The van der Waals surface area contributed by atoms with Gasteiger partial charge in [-0.05, 0) is 19.4 Å². The molecule has 1 unspecified atom stereocenters. The molecule has 0 bridgehead atoms. The summed E-state index contributed by atoms with van der Waals surface area (Å²) >= 11 is 5.80. The summed E-state index contributed by atoms with van der Waals surface area (Å²) in [5.74, 6) is 0.743. The summed E-state index contributed by atoms with van der Waals surface area (Å²) in [5, 5.41) is 3.49. The predicted molar refractivity (Wildman–Crippen MR) is 70.8 cm³/mol. The Morgan fingerprint density at radius 1 is 0.933 bits per heavy atom. The number of unbranched alkanes of at least 4 members (excludes halogenated alkanes) is 6. The molecule has 0 radical (unpaired) electrons. The summed E-state index contributed by atoms with van der Waals surface area (Å²) in [6.07, 6.45) is 10.8. The molecule has 15 heavy (non-hydrogen) atoms. The second-order valence-corrected chi connectivity index (χ2v) is 4.64. The zero-order valence-corrected chi connectivity index (χ0v) is 11.3. The van der Waals surface area contributed by atoms with Gasteiger partial charge in [0.1, 0.15) is 0 Å². The molecule has 0 aromatic carbocycles. The van der Waals surface area contributed by atoms with Crippen molar-refractivity contribution in [1.82, 2.24) is 5.32 Å². The predicted octanol–water partition coefficient (Wildman–Crippen LogP) is 4.34. The molecule has 0 saturated carbocycles. The highest BCUT2D eigenvalue weighted by Gasteiger charge is 2.01. The zero-order chi connectivity index (χ0) is 11.4. The van der Waals surface area contributed by atoms with Gasteiger partial charge < -0.3 is 5.32 Å². The third kappa shape index (κ3) is 10.5. The topological polar surface area (TPSA) is 12.0 Å². The minimum absolute atomic E-state index is 0.520. The minimum atomic E-state index is 0.520. The van der Waals surface area contributed by atoms with Crippen LogP contribution in [0.15, 0.2) is 0 Å². The maximum absolute atomic E-state index is 5.80. The molecule has 0 aliphatic carbocycles. The van der Waals surface area contributed by atoms with Crippen molar-refractivity contribution in [2.24, 2.45) is 0 Å². The monoisotopic (exact) mass is 233 g/mol. The van der Waals surface area contributed by atoms with E-state index in [0.29, 0.717) is 6.04 Å². The maximum atomic E-state index is 5.80. The first-order valence-electron chi connectivity index (χ1n) is 6.64. The lowest BCUT2D eigenvalue weighted by Crippen LogP contribution is -2.30. The van der Waals surface area contributed by atoms with Crippen molar-refractivity contribution in [3.05, 3.63) is 0 Å². The fourth-order valence-corrected chi connectivity index (χ4v) is 2.02. The van der Waals surface area contributed by atoms with E-state index in [-0.39, 0.29) is 0 Å². The van der Waals surface area contributed by atoms with Crippen LogP contribution in [0, 0.1) is 0 Å². The Labute approximate surface area is 101 Å². The van der Waals surface area contributed by atoms with Crippen LogP contribution in [0.3, 0.4) is 0 Å². The van der Waals surface area contributed by atoms with E-state index in [1.165, 1.54) is 44.9 Å². The molecule has 0 aliphatic heterocycles. The highest BCUT2D eigenvalue weighted by Crippen LogP contribution is 2.06. The summed E-state index contributed by atoms with van der Waals surface area (Å²) in [6.45, 7) is 5.59. The van der Waals surface area contributed by atoms with E-state index in [0.717, 1.165) is 18.8 Å². The van der Waals surface area contributed by atoms with Crippen LogP contribution in [-0.4, -0.2) is 18.5 Å². The van der Waals surface area contributed by atoms with Gasteiger partial charge in [-0.15, -0.1) is 11.6 Å². The van der Waals surface area contributed by atoms with Crippen LogP contribution in [0.25, 0.3) is 0 Å². The first kappa shape index (κ1) is 15.2. The molecule has 0 saturated heterocycles. The molecule has 0 rings (SSSR count). The fraction of sp³-hybridized carbons (Fsp3) is 1.00. The summed E-state index contributed by atoms with van der Waals surface area (Å²) in [6, 6.07) is 0.520. The van der Waals surface area contributed by atoms with Crippen LogP contribution in [-0.2, 0) is 0 Å². The molecule has 0 amide bonds. The van der Waals surface area contributed by atoms with Crippen molar-refractivity contribution >= 4 is 11.6 Å². The average Bonchev–Trinajstić information content (AvgIpc) is 2.27. The molecule has 92 valence electrons. The van der Waals surface area contributed by atoms with Gasteiger partial charge >= 0.3 is 0 Å². The van der Waals surface area contributed by atoms with Crippen LogP contribution in [0.2, 0.25) is 0 Å². The number of hydrogen-bond donors (Lipinski definition) is 1. The molecule has 1 N–H and O–H groups in total.